The molecular weight excluding hydrogens is 279 g/mol. The number of carbonyl (C=O) groups is 2. The SMILES string of the molecule is O=C1CCC(Oc2ccc(S(=O)(=O)F)cn2)C(=O)N1. The van der Waals surface area contributed by atoms with Gasteiger partial charge in [0.2, 0.25) is 11.8 Å². The number of hydrogen-bond acceptors (Lipinski definition) is 6. The van der Waals surface area contributed by atoms with Crippen molar-refractivity contribution in [3.05, 3.63) is 18.3 Å². The van der Waals surface area contributed by atoms with Crippen LogP contribution in [0.3, 0.4) is 0 Å². The number of halogens is 1. The minimum absolute atomic E-state index is 0.0260. The molecule has 0 aromatic carbocycles. The molecule has 1 atom stereocenters. The molecule has 1 aliphatic heterocycles. The lowest BCUT2D eigenvalue weighted by Gasteiger charge is -2.21. The molecule has 2 amide bonds. The average Bonchev–Trinajstić information content (AvgIpc) is 2.32. The van der Waals surface area contributed by atoms with Crippen LogP contribution in [0.15, 0.2) is 23.2 Å². The fourth-order valence-corrected chi connectivity index (χ4v) is 1.92. The van der Waals surface area contributed by atoms with Crippen LogP contribution in [0.25, 0.3) is 0 Å². The van der Waals surface area contributed by atoms with Crippen molar-refractivity contribution in [2.75, 3.05) is 0 Å². The number of nitrogens with one attached hydrogen (secondary N) is 1. The van der Waals surface area contributed by atoms with E-state index in [4.69, 9.17) is 4.74 Å². The topological polar surface area (TPSA) is 102 Å². The van der Waals surface area contributed by atoms with Crippen molar-refractivity contribution in [3.63, 3.8) is 0 Å². The summed E-state index contributed by atoms with van der Waals surface area (Å²) in [5.74, 6) is -0.987. The van der Waals surface area contributed by atoms with Crippen molar-refractivity contribution in [1.29, 1.82) is 0 Å². The molecule has 19 heavy (non-hydrogen) atoms. The van der Waals surface area contributed by atoms with Gasteiger partial charge in [0.1, 0.15) is 4.90 Å². The summed E-state index contributed by atoms with van der Waals surface area (Å²) in [4.78, 5) is 25.3. The van der Waals surface area contributed by atoms with Crippen molar-refractivity contribution in [2.24, 2.45) is 0 Å². The highest BCUT2D eigenvalue weighted by Crippen LogP contribution is 2.17. The fourth-order valence-electron chi connectivity index (χ4n) is 1.51. The standard InChI is InChI=1S/C10H9FN2O5S/c11-19(16,17)6-1-4-9(12-5-6)18-7-2-3-8(14)13-10(7)15/h1,4-5,7H,2-3H2,(H,13,14,15). The summed E-state index contributed by atoms with van der Waals surface area (Å²) in [6.45, 7) is 0. The Kier molecular flexibility index (Phi) is 3.47. The number of carbonyl (C=O) groups excluding carboxylic acids is 2. The van der Waals surface area contributed by atoms with E-state index in [0.29, 0.717) is 0 Å². The van der Waals surface area contributed by atoms with Crippen molar-refractivity contribution >= 4 is 22.0 Å². The largest absolute Gasteiger partial charge is 0.464 e. The van der Waals surface area contributed by atoms with Crippen LogP contribution in [-0.2, 0) is 19.8 Å². The van der Waals surface area contributed by atoms with Crippen LogP contribution in [0.4, 0.5) is 3.89 Å². The molecule has 0 radical (unpaired) electrons. The summed E-state index contributed by atoms with van der Waals surface area (Å²) >= 11 is 0. The molecule has 1 unspecified atom stereocenters. The molecule has 0 saturated carbocycles. The van der Waals surface area contributed by atoms with Crippen molar-refractivity contribution in [1.82, 2.24) is 10.3 Å². The zero-order chi connectivity index (χ0) is 14.0. The fraction of sp³-hybridized carbons (Fsp3) is 0.300. The maximum absolute atomic E-state index is 12.6. The predicted molar refractivity (Wildman–Crippen MR) is 59.3 cm³/mol. The molecule has 1 aliphatic rings. The number of rotatable bonds is 3. The van der Waals surface area contributed by atoms with Gasteiger partial charge in [-0.15, -0.1) is 3.89 Å². The van der Waals surface area contributed by atoms with Crippen LogP contribution < -0.4 is 10.1 Å². The third-order valence-electron chi connectivity index (χ3n) is 2.44. The van der Waals surface area contributed by atoms with E-state index in [1.165, 1.54) is 0 Å². The molecule has 102 valence electrons. The number of aromatic nitrogens is 1. The number of amides is 2. The first kappa shape index (κ1) is 13.4. The van der Waals surface area contributed by atoms with Gasteiger partial charge in [-0.3, -0.25) is 14.9 Å². The van der Waals surface area contributed by atoms with E-state index in [1.54, 1.807) is 0 Å². The van der Waals surface area contributed by atoms with Crippen LogP contribution in [0.2, 0.25) is 0 Å². The lowest BCUT2D eigenvalue weighted by Crippen LogP contribution is -2.46. The molecule has 0 spiro atoms. The highest BCUT2D eigenvalue weighted by Gasteiger charge is 2.28. The van der Waals surface area contributed by atoms with E-state index in [2.05, 4.69) is 10.3 Å². The number of nitrogens with zero attached hydrogens (tertiary/aromatic N) is 1. The Morgan fingerprint density at radius 1 is 1.37 bits per heavy atom. The van der Waals surface area contributed by atoms with Gasteiger partial charge in [0.25, 0.3) is 5.91 Å². The van der Waals surface area contributed by atoms with Gasteiger partial charge < -0.3 is 4.74 Å². The Balaban J connectivity index is 2.08. The molecule has 1 aromatic heterocycles. The molecule has 1 saturated heterocycles. The second-order valence-corrected chi connectivity index (χ2v) is 5.17. The third-order valence-corrected chi connectivity index (χ3v) is 3.25. The van der Waals surface area contributed by atoms with Gasteiger partial charge in [-0.2, -0.15) is 8.42 Å². The summed E-state index contributed by atoms with van der Waals surface area (Å²) in [5.41, 5.74) is 0. The molecule has 1 fully saturated rings. The molecule has 0 aliphatic carbocycles. The summed E-state index contributed by atoms with van der Waals surface area (Å²) in [7, 11) is -4.81. The van der Waals surface area contributed by atoms with Crippen molar-refractivity contribution in [3.8, 4) is 5.88 Å². The second kappa shape index (κ2) is 4.92. The highest BCUT2D eigenvalue weighted by atomic mass is 32.3. The first-order valence-electron chi connectivity index (χ1n) is 5.27. The molecule has 7 nitrogen and oxygen atoms in total. The third kappa shape index (κ3) is 3.25. The van der Waals surface area contributed by atoms with Gasteiger partial charge in [0, 0.05) is 18.9 Å². The van der Waals surface area contributed by atoms with Gasteiger partial charge in [-0.05, 0) is 6.07 Å². The molecule has 0 bridgehead atoms. The smallest absolute Gasteiger partial charge is 0.333 e. The predicted octanol–water partition coefficient (Wildman–Crippen LogP) is -0.0762. The van der Waals surface area contributed by atoms with Crippen LogP contribution in [-0.4, -0.2) is 31.3 Å². The van der Waals surface area contributed by atoms with Crippen LogP contribution in [0.5, 0.6) is 5.88 Å². The molecule has 9 heteroatoms. The number of ether oxygens (including phenoxy) is 1. The number of imide groups is 1. The van der Waals surface area contributed by atoms with E-state index in [1.807, 2.05) is 0 Å². The maximum atomic E-state index is 12.6. The summed E-state index contributed by atoms with van der Waals surface area (Å²) in [6, 6.07) is 2.11. The molecule has 2 heterocycles. The molecule has 1 aromatic rings. The van der Waals surface area contributed by atoms with Gasteiger partial charge in [-0.25, -0.2) is 4.98 Å². The normalized spacial score (nSPS) is 19.9. The number of pyridine rings is 1. The minimum Gasteiger partial charge on any atom is -0.464 e. The number of hydrogen-bond donors (Lipinski definition) is 1. The Labute approximate surface area is 108 Å². The quantitative estimate of drug-likeness (QED) is 0.616. The molecule has 1 N–H and O–H groups in total. The maximum Gasteiger partial charge on any atom is 0.333 e. The average molecular weight is 288 g/mol. The Bertz CT molecular complexity index is 613. The number of piperidine rings is 1. The second-order valence-electron chi connectivity index (χ2n) is 3.83. The van der Waals surface area contributed by atoms with E-state index in [9.17, 15) is 21.9 Å². The van der Waals surface area contributed by atoms with E-state index in [-0.39, 0.29) is 24.6 Å². The summed E-state index contributed by atoms with van der Waals surface area (Å²) < 4.78 is 38.9. The van der Waals surface area contributed by atoms with E-state index >= 15 is 0 Å². The van der Waals surface area contributed by atoms with Crippen LogP contribution in [0, 0.1) is 0 Å². The minimum atomic E-state index is -4.81. The van der Waals surface area contributed by atoms with Gasteiger partial charge in [0.15, 0.2) is 6.10 Å². The molecule has 2 rings (SSSR count). The van der Waals surface area contributed by atoms with Gasteiger partial charge in [-0.1, -0.05) is 0 Å². The monoisotopic (exact) mass is 288 g/mol. The zero-order valence-corrected chi connectivity index (χ0v) is 10.3. The van der Waals surface area contributed by atoms with Crippen molar-refractivity contribution < 1.29 is 26.6 Å². The van der Waals surface area contributed by atoms with E-state index in [0.717, 1.165) is 18.3 Å². The lowest BCUT2D eigenvalue weighted by atomic mass is 10.1. The first-order chi connectivity index (χ1) is 8.86. The Morgan fingerprint density at radius 3 is 2.63 bits per heavy atom. The summed E-state index contributed by atoms with van der Waals surface area (Å²) in [6.07, 6.45) is 0.261. The van der Waals surface area contributed by atoms with Gasteiger partial charge >= 0.3 is 10.2 Å². The first-order valence-corrected chi connectivity index (χ1v) is 6.65. The van der Waals surface area contributed by atoms with Gasteiger partial charge in [0.05, 0.1) is 6.20 Å². The Morgan fingerprint density at radius 2 is 2.11 bits per heavy atom. The lowest BCUT2D eigenvalue weighted by molar-refractivity contribution is -0.139. The molecular formula is C10H9FN2O5S. The van der Waals surface area contributed by atoms with Crippen LogP contribution in [0.1, 0.15) is 12.8 Å². The van der Waals surface area contributed by atoms with Crippen molar-refractivity contribution in [2.45, 2.75) is 23.8 Å². The Hall–Kier alpha value is -2.03. The zero-order valence-electron chi connectivity index (χ0n) is 9.50. The van der Waals surface area contributed by atoms with Crippen LogP contribution >= 0.6 is 0 Å². The summed E-state index contributed by atoms with van der Waals surface area (Å²) in [5, 5.41) is 2.10. The highest BCUT2D eigenvalue weighted by molar-refractivity contribution is 7.86. The van der Waals surface area contributed by atoms with E-state index < -0.39 is 27.1 Å².